The van der Waals surface area contributed by atoms with E-state index < -0.39 is 0 Å². The number of aliphatic hydroxyl groups excluding tert-OH is 1. The van der Waals surface area contributed by atoms with Gasteiger partial charge >= 0.3 is 0 Å². The number of β-amino-alcohol motifs (C(OH)–C–C–N with tert-alkyl or cyclic N) is 1. The lowest BCUT2D eigenvalue weighted by molar-refractivity contribution is 0.195. The van der Waals surface area contributed by atoms with Gasteiger partial charge < -0.3 is 9.67 Å². The van der Waals surface area contributed by atoms with Crippen LogP contribution >= 0.6 is 0 Å². The first kappa shape index (κ1) is 12.5. The van der Waals surface area contributed by atoms with Crippen LogP contribution in [-0.4, -0.2) is 69.0 Å². The lowest BCUT2D eigenvalue weighted by Gasteiger charge is -2.20. The van der Waals surface area contributed by atoms with Gasteiger partial charge in [-0.15, -0.1) is 10.2 Å². The molecule has 0 radical (unpaired) electrons. The van der Waals surface area contributed by atoms with Crippen molar-refractivity contribution in [2.24, 2.45) is 7.05 Å². The first-order chi connectivity index (χ1) is 8.29. The lowest BCUT2D eigenvalue weighted by Crippen LogP contribution is -2.32. The molecule has 6 heteroatoms. The second-order valence-electron chi connectivity index (χ2n) is 4.55. The highest BCUT2D eigenvalue weighted by Gasteiger charge is 2.15. The summed E-state index contributed by atoms with van der Waals surface area (Å²) in [7, 11) is 1.98. The summed E-state index contributed by atoms with van der Waals surface area (Å²) < 4.78 is 1.97. The largest absolute Gasteiger partial charge is 0.395 e. The minimum Gasteiger partial charge on any atom is -0.395 e. The number of hydrogen-bond donors (Lipinski definition) is 1. The molecule has 0 aliphatic carbocycles. The molecule has 0 spiro atoms. The molecule has 1 aromatic heterocycles. The fraction of sp³-hybridized carbons (Fsp3) is 0.818. The fourth-order valence-electron chi connectivity index (χ4n) is 2.20. The average molecular weight is 239 g/mol. The third-order valence-corrected chi connectivity index (χ3v) is 3.27. The quantitative estimate of drug-likeness (QED) is 0.754. The average Bonchev–Trinajstić information content (AvgIpc) is 2.59. The molecule has 1 aliphatic heterocycles. The molecule has 17 heavy (non-hydrogen) atoms. The molecule has 1 saturated heterocycles. The van der Waals surface area contributed by atoms with Crippen molar-refractivity contribution in [3.05, 3.63) is 12.2 Å². The van der Waals surface area contributed by atoms with Crippen molar-refractivity contribution in [2.45, 2.75) is 13.0 Å². The molecule has 2 rings (SSSR count). The van der Waals surface area contributed by atoms with Crippen LogP contribution in [0, 0.1) is 0 Å². The molecule has 0 amide bonds. The summed E-state index contributed by atoms with van der Waals surface area (Å²) >= 11 is 0. The summed E-state index contributed by atoms with van der Waals surface area (Å²) in [5, 5.41) is 17.0. The van der Waals surface area contributed by atoms with Crippen LogP contribution in [0.15, 0.2) is 6.33 Å². The van der Waals surface area contributed by atoms with Crippen molar-refractivity contribution in [3.63, 3.8) is 0 Å². The first-order valence-corrected chi connectivity index (χ1v) is 6.18. The summed E-state index contributed by atoms with van der Waals surface area (Å²) in [4.78, 5) is 4.72. The maximum absolute atomic E-state index is 8.94. The van der Waals surface area contributed by atoms with Gasteiger partial charge in [-0.3, -0.25) is 9.80 Å². The number of rotatable bonds is 4. The zero-order chi connectivity index (χ0) is 12.1. The van der Waals surface area contributed by atoms with E-state index in [1.807, 2.05) is 11.6 Å². The molecule has 0 unspecified atom stereocenters. The van der Waals surface area contributed by atoms with Crippen molar-refractivity contribution in [1.29, 1.82) is 0 Å². The van der Waals surface area contributed by atoms with Gasteiger partial charge in [0.1, 0.15) is 12.2 Å². The van der Waals surface area contributed by atoms with E-state index in [-0.39, 0.29) is 6.61 Å². The topological polar surface area (TPSA) is 57.4 Å². The van der Waals surface area contributed by atoms with Crippen molar-refractivity contribution in [3.8, 4) is 0 Å². The summed E-state index contributed by atoms with van der Waals surface area (Å²) in [6.07, 6.45) is 2.89. The minimum atomic E-state index is 0.253. The Morgan fingerprint density at radius 3 is 2.71 bits per heavy atom. The Morgan fingerprint density at radius 2 is 2.00 bits per heavy atom. The molecule has 1 aliphatic rings. The van der Waals surface area contributed by atoms with Gasteiger partial charge in [0.15, 0.2) is 0 Å². The van der Waals surface area contributed by atoms with Gasteiger partial charge in [0.05, 0.1) is 13.2 Å². The number of aryl methyl sites for hydroxylation is 1. The lowest BCUT2D eigenvalue weighted by atomic mass is 10.3. The molecular weight excluding hydrogens is 218 g/mol. The van der Waals surface area contributed by atoms with Gasteiger partial charge in [-0.1, -0.05) is 0 Å². The Morgan fingerprint density at radius 1 is 1.24 bits per heavy atom. The standard InChI is InChI=1S/C11H21N5O/c1-14-10-12-13-11(14)9-16-4-2-3-15(5-6-16)7-8-17/h10,17H,2-9H2,1H3. The van der Waals surface area contributed by atoms with Crippen molar-refractivity contribution >= 4 is 0 Å². The predicted molar refractivity (Wildman–Crippen MR) is 64.4 cm³/mol. The zero-order valence-electron chi connectivity index (χ0n) is 10.4. The number of nitrogens with zero attached hydrogens (tertiary/aromatic N) is 5. The molecule has 0 saturated carbocycles. The van der Waals surface area contributed by atoms with Gasteiger partial charge in [-0.05, 0) is 19.5 Å². The van der Waals surface area contributed by atoms with Crippen LogP contribution in [0.25, 0.3) is 0 Å². The molecule has 1 fully saturated rings. The highest BCUT2D eigenvalue weighted by atomic mass is 16.3. The third-order valence-electron chi connectivity index (χ3n) is 3.27. The maximum Gasteiger partial charge on any atom is 0.146 e. The normalized spacial score (nSPS) is 19.4. The second kappa shape index (κ2) is 6.09. The SMILES string of the molecule is Cn1cnnc1CN1CCCN(CCO)CC1. The van der Waals surface area contributed by atoms with E-state index in [1.54, 1.807) is 6.33 Å². The van der Waals surface area contributed by atoms with Crippen LogP contribution in [0.3, 0.4) is 0 Å². The van der Waals surface area contributed by atoms with Gasteiger partial charge in [0, 0.05) is 26.7 Å². The monoisotopic (exact) mass is 239 g/mol. The minimum absolute atomic E-state index is 0.253. The van der Waals surface area contributed by atoms with E-state index in [2.05, 4.69) is 20.0 Å². The Kier molecular flexibility index (Phi) is 4.47. The highest BCUT2D eigenvalue weighted by molar-refractivity contribution is 4.85. The number of aliphatic hydroxyl groups is 1. The number of aromatic nitrogens is 3. The van der Waals surface area contributed by atoms with E-state index in [0.717, 1.165) is 51.5 Å². The Balaban J connectivity index is 1.85. The highest BCUT2D eigenvalue weighted by Crippen LogP contribution is 2.06. The molecule has 2 heterocycles. The van der Waals surface area contributed by atoms with Gasteiger partial charge in [-0.2, -0.15) is 0 Å². The van der Waals surface area contributed by atoms with Crippen LogP contribution in [-0.2, 0) is 13.6 Å². The molecule has 0 aromatic carbocycles. The van der Waals surface area contributed by atoms with Gasteiger partial charge in [-0.25, -0.2) is 0 Å². The Bertz CT molecular complexity index is 340. The smallest absolute Gasteiger partial charge is 0.146 e. The van der Waals surface area contributed by atoms with Gasteiger partial charge in [0.2, 0.25) is 0 Å². The molecular formula is C11H21N5O. The van der Waals surface area contributed by atoms with Crippen molar-refractivity contribution in [1.82, 2.24) is 24.6 Å². The van der Waals surface area contributed by atoms with Crippen LogP contribution in [0.2, 0.25) is 0 Å². The summed E-state index contributed by atoms with van der Waals surface area (Å²) in [5.41, 5.74) is 0. The van der Waals surface area contributed by atoms with E-state index in [9.17, 15) is 0 Å². The van der Waals surface area contributed by atoms with E-state index >= 15 is 0 Å². The number of hydrogen-bond acceptors (Lipinski definition) is 5. The predicted octanol–water partition coefficient (Wildman–Crippen LogP) is -0.685. The van der Waals surface area contributed by atoms with Crippen LogP contribution in [0.4, 0.5) is 0 Å². The van der Waals surface area contributed by atoms with E-state index in [0.29, 0.717) is 0 Å². The molecule has 96 valence electrons. The van der Waals surface area contributed by atoms with E-state index in [4.69, 9.17) is 5.11 Å². The van der Waals surface area contributed by atoms with Crippen LogP contribution in [0.5, 0.6) is 0 Å². The van der Waals surface area contributed by atoms with Crippen LogP contribution < -0.4 is 0 Å². The summed E-state index contributed by atoms with van der Waals surface area (Å²) in [6, 6.07) is 0. The Labute approximate surface area is 102 Å². The van der Waals surface area contributed by atoms with Crippen LogP contribution in [0.1, 0.15) is 12.2 Å². The summed E-state index contributed by atoms with van der Waals surface area (Å²) in [6.45, 7) is 6.14. The molecule has 0 bridgehead atoms. The van der Waals surface area contributed by atoms with E-state index in [1.165, 1.54) is 0 Å². The van der Waals surface area contributed by atoms with Crippen molar-refractivity contribution in [2.75, 3.05) is 39.3 Å². The molecule has 6 nitrogen and oxygen atoms in total. The fourth-order valence-corrected chi connectivity index (χ4v) is 2.20. The second-order valence-corrected chi connectivity index (χ2v) is 4.55. The Hall–Kier alpha value is -0.980. The zero-order valence-corrected chi connectivity index (χ0v) is 10.4. The molecule has 1 N–H and O–H groups in total. The van der Waals surface area contributed by atoms with Crippen molar-refractivity contribution < 1.29 is 5.11 Å². The molecule has 0 atom stereocenters. The third kappa shape index (κ3) is 3.49. The summed E-state index contributed by atoms with van der Waals surface area (Å²) in [5.74, 6) is 1.01. The first-order valence-electron chi connectivity index (χ1n) is 6.18. The maximum atomic E-state index is 8.94. The molecule has 1 aromatic rings. The van der Waals surface area contributed by atoms with Gasteiger partial charge in [0.25, 0.3) is 0 Å².